The molecule has 6 heteroatoms. The highest BCUT2D eigenvalue weighted by Crippen LogP contribution is 2.07. The van der Waals surface area contributed by atoms with Gasteiger partial charge in [0.05, 0.1) is 0 Å². The standard InChI is InChI=1S/C14H19NOS.CH3NOS/c1-4-12-7-9-13(10-8-12)11-16-14(17)15(5-2)6-3;2-1(3)4/h4,7-10H,1,5-6,11H2,2-3H3;(H3,2,3,4). The second kappa shape index (κ2) is 11.0. The first kappa shape index (κ1) is 19.3. The molecule has 1 aromatic rings. The Labute approximate surface area is 137 Å². The number of nitrogens with zero attached hydrogens (tertiary/aromatic N) is 1. The van der Waals surface area contributed by atoms with Gasteiger partial charge >= 0.3 is 0 Å². The Morgan fingerprint density at radius 1 is 1.29 bits per heavy atom. The zero-order valence-corrected chi connectivity index (χ0v) is 14.0. The maximum atomic E-state index is 7.56. The molecule has 0 atom stereocenters. The van der Waals surface area contributed by atoms with Crippen molar-refractivity contribution in [3.8, 4) is 0 Å². The number of benzene rings is 1. The van der Waals surface area contributed by atoms with Crippen LogP contribution in [-0.2, 0) is 11.3 Å². The van der Waals surface area contributed by atoms with Crippen LogP contribution in [0.3, 0.4) is 0 Å². The summed E-state index contributed by atoms with van der Waals surface area (Å²) in [7, 11) is 0. The van der Waals surface area contributed by atoms with Gasteiger partial charge in [-0.25, -0.2) is 0 Å². The van der Waals surface area contributed by atoms with Gasteiger partial charge in [0.2, 0.25) is 0 Å². The van der Waals surface area contributed by atoms with Crippen LogP contribution in [0.2, 0.25) is 0 Å². The monoisotopic (exact) mass is 326 g/mol. The Balaban J connectivity index is 0.000000885. The van der Waals surface area contributed by atoms with E-state index in [-0.39, 0.29) is 0 Å². The summed E-state index contributed by atoms with van der Waals surface area (Å²) in [5, 5.41) is 7.64. The molecule has 0 spiro atoms. The summed E-state index contributed by atoms with van der Waals surface area (Å²) in [5.41, 5.74) is 6.63. The van der Waals surface area contributed by atoms with Crippen molar-refractivity contribution in [2.24, 2.45) is 5.73 Å². The highest BCUT2D eigenvalue weighted by Gasteiger charge is 2.05. The van der Waals surface area contributed by atoms with Crippen LogP contribution in [0.5, 0.6) is 0 Å². The molecule has 21 heavy (non-hydrogen) atoms. The summed E-state index contributed by atoms with van der Waals surface area (Å²) in [6.45, 7) is 10.1. The van der Waals surface area contributed by atoms with Crippen LogP contribution in [0.1, 0.15) is 25.0 Å². The van der Waals surface area contributed by atoms with Gasteiger partial charge in [0.1, 0.15) is 6.61 Å². The van der Waals surface area contributed by atoms with E-state index in [1.54, 1.807) is 0 Å². The van der Waals surface area contributed by atoms with Crippen LogP contribution < -0.4 is 5.73 Å². The molecular weight excluding hydrogens is 304 g/mol. The summed E-state index contributed by atoms with van der Waals surface area (Å²) in [6, 6.07) is 8.10. The van der Waals surface area contributed by atoms with Crippen LogP contribution in [-0.4, -0.2) is 33.4 Å². The van der Waals surface area contributed by atoms with Crippen molar-refractivity contribution in [3.05, 3.63) is 42.0 Å². The van der Waals surface area contributed by atoms with E-state index >= 15 is 0 Å². The minimum Gasteiger partial charge on any atom is -0.487 e. The molecule has 0 bridgehead atoms. The third kappa shape index (κ3) is 8.99. The van der Waals surface area contributed by atoms with E-state index in [1.807, 2.05) is 35.2 Å². The first-order valence-electron chi connectivity index (χ1n) is 6.56. The van der Waals surface area contributed by atoms with Crippen molar-refractivity contribution < 1.29 is 9.84 Å². The number of ether oxygens (including phenoxy) is 1. The SMILES string of the molecule is C=Cc1ccc(COC(=S)N(CC)CC)cc1.NC(O)=S. The Kier molecular flexibility index (Phi) is 10.2. The van der Waals surface area contributed by atoms with E-state index in [4.69, 9.17) is 22.1 Å². The van der Waals surface area contributed by atoms with Gasteiger partial charge < -0.3 is 20.5 Å². The summed E-state index contributed by atoms with van der Waals surface area (Å²) in [4.78, 5) is 2.02. The molecular formula is C15H22N2O2S2. The topological polar surface area (TPSA) is 58.7 Å². The number of hydrogen-bond acceptors (Lipinski definition) is 3. The zero-order chi connectivity index (χ0) is 16.3. The molecule has 0 aliphatic heterocycles. The van der Waals surface area contributed by atoms with Gasteiger partial charge in [-0.3, -0.25) is 0 Å². The molecule has 0 aliphatic carbocycles. The van der Waals surface area contributed by atoms with E-state index in [1.165, 1.54) is 0 Å². The lowest BCUT2D eigenvalue weighted by molar-refractivity contribution is 0.238. The molecule has 0 heterocycles. The van der Waals surface area contributed by atoms with Crippen LogP contribution in [0.15, 0.2) is 30.8 Å². The van der Waals surface area contributed by atoms with Gasteiger partial charge in [0.25, 0.3) is 10.3 Å². The summed E-state index contributed by atoms with van der Waals surface area (Å²) >= 11 is 9.08. The zero-order valence-electron chi connectivity index (χ0n) is 12.4. The van der Waals surface area contributed by atoms with Gasteiger partial charge in [-0.05, 0) is 49.4 Å². The summed E-state index contributed by atoms with van der Waals surface area (Å²) in [6.07, 6.45) is 1.82. The molecule has 0 aliphatic rings. The predicted octanol–water partition coefficient (Wildman–Crippen LogP) is 3.26. The van der Waals surface area contributed by atoms with Gasteiger partial charge in [-0.2, -0.15) is 0 Å². The second-order valence-electron chi connectivity index (χ2n) is 4.01. The minimum atomic E-state index is -0.500. The molecule has 0 radical (unpaired) electrons. The van der Waals surface area contributed by atoms with Crippen LogP contribution in [0.4, 0.5) is 0 Å². The molecule has 1 aromatic carbocycles. The first-order valence-corrected chi connectivity index (χ1v) is 7.37. The van der Waals surface area contributed by atoms with E-state index in [2.05, 4.69) is 38.4 Å². The van der Waals surface area contributed by atoms with E-state index in [0.29, 0.717) is 11.8 Å². The Morgan fingerprint density at radius 3 is 2.14 bits per heavy atom. The molecule has 0 amide bonds. The lowest BCUT2D eigenvalue weighted by Crippen LogP contribution is -2.30. The molecule has 0 fully saturated rings. The van der Waals surface area contributed by atoms with Crippen molar-refractivity contribution in [1.29, 1.82) is 0 Å². The molecule has 4 nitrogen and oxygen atoms in total. The maximum absolute atomic E-state index is 7.56. The maximum Gasteiger partial charge on any atom is 0.259 e. The average Bonchev–Trinajstić information content (AvgIpc) is 2.46. The second-order valence-corrected chi connectivity index (χ2v) is 4.78. The van der Waals surface area contributed by atoms with Crippen molar-refractivity contribution in [1.82, 2.24) is 4.90 Å². The number of aliphatic hydroxyl groups excluding tert-OH is 1. The molecule has 1 rings (SSSR count). The third-order valence-corrected chi connectivity index (χ3v) is 2.98. The predicted molar refractivity (Wildman–Crippen MR) is 96.3 cm³/mol. The van der Waals surface area contributed by atoms with Gasteiger partial charge in [-0.1, -0.05) is 36.9 Å². The third-order valence-electron chi connectivity index (χ3n) is 2.60. The fourth-order valence-electron chi connectivity index (χ4n) is 1.47. The summed E-state index contributed by atoms with van der Waals surface area (Å²) in [5.74, 6) is 0. The largest absolute Gasteiger partial charge is 0.487 e. The van der Waals surface area contributed by atoms with Gasteiger partial charge in [0.15, 0.2) is 0 Å². The molecule has 3 N–H and O–H groups in total. The normalized spacial score (nSPS) is 9.05. The van der Waals surface area contributed by atoms with E-state index < -0.39 is 5.17 Å². The van der Waals surface area contributed by atoms with Crippen LogP contribution >= 0.6 is 24.4 Å². The Hall–Kier alpha value is -1.66. The highest BCUT2D eigenvalue weighted by molar-refractivity contribution is 7.80. The fraction of sp³-hybridized carbons (Fsp3) is 0.333. The molecule has 0 saturated carbocycles. The van der Waals surface area contributed by atoms with Gasteiger partial charge in [0, 0.05) is 13.1 Å². The minimum absolute atomic E-state index is 0.500. The van der Waals surface area contributed by atoms with Crippen molar-refractivity contribution in [2.75, 3.05) is 13.1 Å². The first-order chi connectivity index (χ1) is 9.94. The fourth-order valence-corrected chi connectivity index (χ4v) is 1.79. The van der Waals surface area contributed by atoms with Gasteiger partial charge in [-0.15, -0.1) is 0 Å². The highest BCUT2D eigenvalue weighted by atomic mass is 32.1. The smallest absolute Gasteiger partial charge is 0.259 e. The lowest BCUT2D eigenvalue weighted by atomic mass is 10.1. The van der Waals surface area contributed by atoms with E-state index in [9.17, 15) is 0 Å². The number of aliphatic hydroxyl groups is 1. The van der Waals surface area contributed by atoms with Crippen molar-refractivity contribution in [3.63, 3.8) is 0 Å². The Morgan fingerprint density at radius 2 is 1.76 bits per heavy atom. The quantitative estimate of drug-likeness (QED) is 0.810. The number of hydrogen-bond donors (Lipinski definition) is 2. The van der Waals surface area contributed by atoms with Crippen molar-refractivity contribution in [2.45, 2.75) is 20.5 Å². The van der Waals surface area contributed by atoms with Crippen LogP contribution in [0, 0.1) is 0 Å². The number of nitrogens with two attached hydrogens (primary N) is 1. The van der Waals surface area contributed by atoms with Crippen LogP contribution in [0.25, 0.3) is 6.08 Å². The number of thiocarbonyl (C=S) groups is 2. The molecule has 0 aromatic heterocycles. The Bertz CT molecular complexity index is 453. The summed E-state index contributed by atoms with van der Waals surface area (Å²) < 4.78 is 5.58. The molecule has 0 unspecified atom stereocenters. The van der Waals surface area contributed by atoms with E-state index in [0.717, 1.165) is 24.2 Å². The average molecular weight is 326 g/mol. The molecule has 116 valence electrons. The lowest BCUT2D eigenvalue weighted by Gasteiger charge is -2.21. The molecule has 0 saturated heterocycles. The number of rotatable bonds is 5. The van der Waals surface area contributed by atoms with Crippen molar-refractivity contribution >= 4 is 40.9 Å².